The molecule has 0 spiro atoms. The van der Waals surface area contributed by atoms with Crippen LogP contribution in [0.3, 0.4) is 0 Å². The zero-order chi connectivity index (χ0) is 34.3. The van der Waals surface area contributed by atoms with E-state index in [1.807, 2.05) is 0 Å². The van der Waals surface area contributed by atoms with Gasteiger partial charge in [0.15, 0.2) is 23.0 Å². The number of nitrogens with zero attached hydrogens (tertiary/aromatic N) is 2. The van der Waals surface area contributed by atoms with Gasteiger partial charge in [-0.1, -0.05) is 23.2 Å². The van der Waals surface area contributed by atoms with Gasteiger partial charge in [0.25, 0.3) is 11.8 Å². The average Bonchev–Trinajstić information content (AvgIpc) is 2.97. The van der Waals surface area contributed by atoms with Gasteiger partial charge in [-0.05, 0) is 73.5 Å². The van der Waals surface area contributed by atoms with Gasteiger partial charge < -0.3 is 20.8 Å². The molecule has 16 heteroatoms. The molecule has 0 atom stereocenters. The van der Waals surface area contributed by atoms with Crippen LogP contribution >= 0.6 is 23.2 Å². The van der Waals surface area contributed by atoms with Gasteiger partial charge in [0, 0.05) is 25.2 Å². The zero-order valence-electron chi connectivity index (χ0n) is 24.6. The van der Waals surface area contributed by atoms with Crippen molar-refractivity contribution in [1.82, 2.24) is 0 Å². The number of rotatable bonds is 12. The molecule has 0 aliphatic heterocycles. The van der Waals surface area contributed by atoms with E-state index in [0.29, 0.717) is 11.1 Å². The summed E-state index contributed by atoms with van der Waals surface area (Å²) in [6.07, 6.45) is 0. The molecule has 46 heavy (non-hydrogen) atoms. The second-order valence-corrected chi connectivity index (χ2v) is 10.5. The highest BCUT2D eigenvalue weighted by Crippen LogP contribution is 2.26. The molecule has 0 saturated heterocycles. The van der Waals surface area contributed by atoms with Crippen LogP contribution in [0.5, 0.6) is 0 Å². The number of hydrazone groups is 2. The third-order valence-corrected chi connectivity index (χ3v) is 6.83. The van der Waals surface area contributed by atoms with Crippen molar-refractivity contribution in [3.63, 3.8) is 0 Å². The standard InChI is InChI=1S/C30H26Cl2N6O8/c1-13-9-22(34-28(42)26(16(4)40)38-36-24-12-18(30(45)46)6-8-20(24)32)14(2)10-21(13)33-27(41)25(15(3)39)37-35-23-11-17(29(43)44)5-7-19(23)31/h5-12,35-36H,1-4H3,(H,33,41)(H,34,42)(H,43,44)(H,45,46)/b37-25-,38-26+. The van der Waals surface area contributed by atoms with E-state index in [1.54, 1.807) is 13.8 Å². The van der Waals surface area contributed by atoms with Crippen LogP contribution in [-0.4, -0.2) is 57.0 Å². The fourth-order valence-corrected chi connectivity index (χ4v) is 4.07. The molecule has 0 radical (unpaired) electrons. The molecule has 0 heterocycles. The minimum atomic E-state index is -1.21. The first-order valence-corrected chi connectivity index (χ1v) is 13.8. The van der Waals surface area contributed by atoms with Crippen molar-refractivity contribution in [3.8, 4) is 0 Å². The van der Waals surface area contributed by atoms with Crippen molar-refractivity contribution in [1.29, 1.82) is 0 Å². The van der Waals surface area contributed by atoms with Gasteiger partial charge in [-0.2, -0.15) is 10.2 Å². The fraction of sp³-hybridized carbons (Fsp3) is 0.133. The van der Waals surface area contributed by atoms with Gasteiger partial charge in [0.05, 0.1) is 32.5 Å². The minimum Gasteiger partial charge on any atom is -0.478 e. The summed E-state index contributed by atoms with van der Waals surface area (Å²) in [7, 11) is 0. The van der Waals surface area contributed by atoms with Crippen LogP contribution in [0, 0.1) is 13.8 Å². The van der Waals surface area contributed by atoms with Gasteiger partial charge in [0.2, 0.25) is 0 Å². The maximum absolute atomic E-state index is 13.0. The zero-order valence-corrected chi connectivity index (χ0v) is 26.1. The molecule has 3 rings (SSSR count). The Hall–Kier alpha value is -5.60. The topological polar surface area (TPSA) is 216 Å². The predicted octanol–water partition coefficient (Wildman–Crippen LogP) is 5.00. The number of nitrogens with one attached hydrogen (secondary N) is 4. The molecule has 0 aliphatic rings. The van der Waals surface area contributed by atoms with E-state index in [-0.39, 0.29) is 43.9 Å². The molecule has 0 fully saturated rings. The molecular formula is C30H26Cl2N6O8. The number of hydrogen-bond acceptors (Lipinski definition) is 10. The second-order valence-electron chi connectivity index (χ2n) is 9.65. The number of amides is 2. The number of aryl methyl sites for hydroxylation is 2. The summed E-state index contributed by atoms with van der Waals surface area (Å²) in [5, 5.41) is 31.4. The number of carbonyl (C=O) groups is 6. The van der Waals surface area contributed by atoms with E-state index in [1.165, 1.54) is 48.5 Å². The molecule has 2 amide bonds. The molecular weight excluding hydrogens is 643 g/mol. The number of carboxylic acid groups (broad SMARTS) is 2. The van der Waals surface area contributed by atoms with Crippen molar-refractivity contribution in [2.45, 2.75) is 27.7 Å². The summed E-state index contributed by atoms with van der Waals surface area (Å²) in [5.74, 6) is -5.59. The first-order valence-electron chi connectivity index (χ1n) is 13.1. The Bertz CT molecular complexity index is 1720. The number of halogens is 2. The molecule has 238 valence electrons. The number of hydrogen-bond donors (Lipinski definition) is 6. The van der Waals surface area contributed by atoms with Crippen LogP contribution in [0.2, 0.25) is 10.0 Å². The molecule has 6 N–H and O–H groups in total. The van der Waals surface area contributed by atoms with Crippen LogP contribution in [0.1, 0.15) is 45.7 Å². The number of anilines is 4. The van der Waals surface area contributed by atoms with Crippen molar-refractivity contribution in [2.24, 2.45) is 10.2 Å². The molecule has 0 unspecified atom stereocenters. The molecule has 14 nitrogen and oxygen atoms in total. The number of Topliss-reactive ketones (excluding diaryl/α,β-unsaturated/α-hetero) is 2. The summed E-state index contributed by atoms with van der Waals surface area (Å²) in [5.41, 5.74) is 5.22. The first kappa shape index (κ1) is 34.9. The Labute approximate surface area is 271 Å². The maximum atomic E-state index is 13.0. The predicted molar refractivity (Wildman–Crippen MR) is 173 cm³/mol. The molecule has 0 bridgehead atoms. The summed E-state index contributed by atoms with van der Waals surface area (Å²) >= 11 is 12.1. The van der Waals surface area contributed by atoms with Gasteiger partial charge in [-0.3, -0.25) is 30.0 Å². The highest BCUT2D eigenvalue weighted by Gasteiger charge is 2.21. The number of benzene rings is 3. The second kappa shape index (κ2) is 14.9. The van der Waals surface area contributed by atoms with Crippen LogP contribution in [0.4, 0.5) is 22.7 Å². The number of aromatic carboxylic acids is 2. The highest BCUT2D eigenvalue weighted by atomic mass is 35.5. The van der Waals surface area contributed by atoms with Gasteiger partial charge in [-0.25, -0.2) is 9.59 Å². The lowest BCUT2D eigenvalue weighted by atomic mass is 10.1. The number of carboxylic acids is 2. The Morgan fingerprint density at radius 3 is 1.24 bits per heavy atom. The Kier molecular flexibility index (Phi) is 11.3. The number of ketones is 2. The average molecular weight is 669 g/mol. The summed E-state index contributed by atoms with van der Waals surface area (Å²) < 4.78 is 0. The first-order chi connectivity index (χ1) is 21.6. The smallest absolute Gasteiger partial charge is 0.335 e. The summed E-state index contributed by atoms with van der Waals surface area (Å²) in [6, 6.07) is 10.6. The van der Waals surface area contributed by atoms with Gasteiger partial charge in [0.1, 0.15) is 0 Å². The monoisotopic (exact) mass is 668 g/mol. The van der Waals surface area contributed by atoms with Crippen LogP contribution < -0.4 is 21.5 Å². The van der Waals surface area contributed by atoms with Crippen LogP contribution in [0.25, 0.3) is 0 Å². The van der Waals surface area contributed by atoms with E-state index in [2.05, 4.69) is 31.7 Å². The molecule has 3 aromatic carbocycles. The Morgan fingerprint density at radius 1 is 0.587 bits per heavy atom. The van der Waals surface area contributed by atoms with E-state index >= 15 is 0 Å². The lowest BCUT2D eigenvalue weighted by molar-refractivity contribution is -0.116. The van der Waals surface area contributed by atoms with E-state index < -0.39 is 46.7 Å². The SMILES string of the molecule is CC(=O)/C(=N/Nc1cc(C(=O)O)ccc1Cl)C(=O)Nc1cc(C)c(NC(=O)/C(=N/Nc2cc(C(=O)O)ccc2Cl)C(C)=O)cc1C. The Balaban J connectivity index is 1.80. The van der Waals surface area contributed by atoms with Crippen molar-refractivity contribution in [3.05, 3.63) is 80.8 Å². The number of carbonyl (C=O) groups excluding carboxylic acids is 4. The van der Waals surface area contributed by atoms with E-state index in [0.717, 1.165) is 13.8 Å². The van der Waals surface area contributed by atoms with Crippen LogP contribution in [0.15, 0.2) is 58.7 Å². The fourth-order valence-electron chi connectivity index (χ4n) is 3.75. The molecule has 0 aliphatic carbocycles. The normalized spacial score (nSPS) is 11.3. The summed E-state index contributed by atoms with van der Waals surface area (Å²) in [4.78, 5) is 73.0. The van der Waals surface area contributed by atoms with Gasteiger partial charge in [-0.15, -0.1) is 0 Å². The third kappa shape index (κ3) is 8.74. The minimum absolute atomic E-state index is 0.0563. The Morgan fingerprint density at radius 2 is 0.935 bits per heavy atom. The molecule has 0 aromatic heterocycles. The van der Waals surface area contributed by atoms with Crippen molar-refractivity contribution >= 4 is 92.7 Å². The third-order valence-electron chi connectivity index (χ3n) is 6.17. The van der Waals surface area contributed by atoms with Gasteiger partial charge >= 0.3 is 11.9 Å². The van der Waals surface area contributed by atoms with E-state index in [4.69, 9.17) is 23.2 Å². The quantitative estimate of drug-likeness (QED) is 0.0862. The largest absolute Gasteiger partial charge is 0.478 e. The summed E-state index contributed by atoms with van der Waals surface area (Å²) in [6.45, 7) is 5.46. The maximum Gasteiger partial charge on any atom is 0.335 e. The molecule has 0 saturated carbocycles. The van der Waals surface area contributed by atoms with Crippen molar-refractivity contribution < 1.29 is 39.0 Å². The lowest BCUT2D eigenvalue weighted by Crippen LogP contribution is -2.30. The molecule has 3 aromatic rings. The highest BCUT2D eigenvalue weighted by molar-refractivity contribution is 6.68. The van der Waals surface area contributed by atoms with E-state index in [9.17, 15) is 39.0 Å². The van der Waals surface area contributed by atoms with Crippen LogP contribution in [-0.2, 0) is 19.2 Å². The van der Waals surface area contributed by atoms with Crippen molar-refractivity contribution in [2.75, 3.05) is 21.5 Å². The lowest BCUT2D eigenvalue weighted by Gasteiger charge is -2.15.